The van der Waals surface area contributed by atoms with E-state index in [9.17, 15) is 4.79 Å². The fraction of sp³-hybridized carbons (Fsp3) is 0.333. The molecule has 2 nitrogen and oxygen atoms in total. The normalized spacial score (nSPS) is 10.6. The van der Waals surface area contributed by atoms with Crippen LogP contribution in [-0.4, -0.2) is 11.3 Å². The van der Waals surface area contributed by atoms with Gasteiger partial charge in [-0.05, 0) is 25.0 Å². The average molecular weight is 227 g/mol. The number of carbonyl (C=O) groups is 1. The molecule has 0 saturated heterocycles. The first-order valence-electron chi connectivity index (χ1n) is 6.19. The van der Waals surface area contributed by atoms with Crippen molar-refractivity contribution in [3.8, 4) is 0 Å². The highest BCUT2D eigenvalue weighted by atomic mass is 16.1. The van der Waals surface area contributed by atoms with Crippen molar-refractivity contribution in [1.82, 2.24) is 4.98 Å². The molecule has 1 heterocycles. The van der Waals surface area contributed by atoms with Crippen molar-refractivity contribution >= 4 is 17.2 Å². The molecule has 2 rings (SSSR count). The van der Waals surface area contributed by atoms with Gasteiger partial charge in [0.05, 0.1) is 11.2 Å². The second-order valence-corrected chi connectivity index (χ2v) is 4.29. The summed E-state index contributed by atoms with van der Waals surface area (Å²) in [5.41, 5.74) is 2.65. The standard InChI is InChI=1S/C15H17NO/c1-2-3-4-8-15-13(11-17)10-12-7-5-6-9-14(12)16-15/h5-7,9-11H,2-4,8H2,1H3. The number of hydrogen-bond donors (Lipinski definition) is 0. The van der Waals surface area contributed by atoms with Crippen molar-refractivity contribution in [2.24, 2.45) is 0 Å². The van der Waals surface area contributed by atoms with E-state index < -0.39 is 0 Å². The molecule has 0 atom stereocenters. The number of aromatic nitrogens is 1. The third kappa shape index (κ3) is 2.70. The molecule has 88 valence electrons. The lowest BCUT2D eigenvalue weighted by molar-refractivity contribution is 0.112. The molecule has 0 aliphatic carbocycles. The van der Waals surface area contributed by atoms with Gasteiger partial charge >= 0.3 is 0 Å². The zero-order chi connectivity index (χ0) is 12.1. The Labute approximate surface area is 102 Å². The van der Waals surface area contributed by atoms with Gasteiger partial charge in [0, 0.05) is 10.9 Å². The monoisotopic (exact) mass is 227 g/mol. The van der Waals surface area contributed by atoms with Gasteiger partial charge in [0.1, 0.15) is 0 Å². The minimum Gasteiger partial charge on any atom is -0.298 e. The molecule has 2 aromatic rings. The van der Waals surface area contributed by atoms with Crippen LogP contribution in [0.5, 0.6) is 0 Å². The van der Waals surface area contributed by atoms with Gasteiger partial charge in [-0.25, -0.2) is 0 Å². The molecule has 0 radical (unpaired) electrons. The van der Waals surface area contributed by atoms with Gasteiger partial charge in [-0.3, -0.25) is 9.78 Å². The van der Waals surface area contributed by atoms with E-state index in [0.29, 0.717) is 0 Å². The summed E-state index contributed by atoms with van der Waals surface area (Å²) in [5.74, 6) is 0. The first-order valence-corrected chi connectivity index (χ1v) is 6.19. The van der Waals surface area contributed by atoms with Crippen molar-refractivity contribution in [3.63, 3.8) is 0 Å². The summed E-state index contributed by atoms with van der Waals surface area (Å²) in [4.78, 5) is 15.7. The predicted octanol–water partition coefficient (Wildman–Crippen LogP) is 3.78. The number of aldehydes is 1. The van der Waals surface area contributed by atoms with Gasteiger partial charge in [-0.1, -0.05) is 38.0 Å². The van der Waals surface area contributed by atoms with Crippen LogP contribution in [0.15, 0.2) is 30.3 Å². The number of unbranched alkanes of at least 4 members (excludes halogenated alkanes) is 2. The van der Waals surface area contributed by atoms with E-state index in [0.717, 1.165) is 41.3 Å². The van der Waals surface area contributed by atoms with Crippen LogP contribution in [-0.2, 0) is 6.42 Å². The SMILES string of the molecule is CCCCCc1nc2ccccc2cc1C=O. The van der Waals surface area contributed by atoms with Crippen LogP contribution in [0.25, 0.3) is 10.9 Å². The van der Waals surface area contributed by atoms with E-state index in [-0.39, 0.29) is 0 Å². The Morgan fingerprint density at radius 2 is 2.06 bits per heavy atom. The number of carbonyl (C=O) groups excluding carboxylic acids is 1. The van der Waals surface area contributed by atoms with Gasteiger partial charge in [0.2, 0.25) is 0 Å². The molecule has 2 heteroatoms. The molecule has 0 amide bonds. The summed E-state index contributed by atoms with van der Waals surface area (Å²) in [6, 6.07) is 9.87. The Balaban J connectivity index is 2.35. The maximum absolute atomic E-state index is 11.1. The number of aryl methyl sites for hydroxylation is 1. The summed E-state index contributed by atoms with van der Waals surface area (Å²) < 4.78 is 0. The summed E-state index contributed by atoms with van der Waals surface area (Å²) >= 11 is 0. The quantitative estimate of drug-likeness (QED) is 0.574. The third-order valence-electron chi connectivity index (χ3n) is 2.98. The van der Waals surface area contributed by atoms with E-state index in [1.165, 1.54) is 12.8 Å². The van der Waals surface area contributed by atoms with Crippen molar-refractivity contribution in [2.45, 2.75) is 32.6 Å². The van der Waals surface area contributed by atoms with Crippen LogP contribution < -0.4 is 0 Å². The van der Waals surface area contributed by atoms with E-state index in [2.05, 4.69) is 11.9 Å². The number of pyridine rings is 1. The Hall–Kier alpha value is -1.70. The minimum atomic E-state index is 0.736. The maximum atomic E-state index is 11.1. The Morgan fingerprint density at radius 3 is 2.82 bits per heavy atom. The second-order valence-electron chi connectivity index (χ2n) is 4.29. The van der Waals surface area contributed by atoms with Gasteiger partial charge in [-0.2, -0.15) is 0 Å². The molecule has 0 fully saturated rings. The lowest BCUT2D eigenvalue weighted by atomic mass is 10.1. The molecule has 0 aliphatic rings. The first kappa shape index (κ1) is 11.8. The van der Waals surface area contributed by atoms with Gasteiger partial charge in [-0.15, -0.1) is 0 Å². The number of hydrogen-bond acceptors (Lipinski definition) is 2. The van der Waals surface area contributed by atoms with Crippen LogP contribution >= 0.6 is 0 Å². The third-order valence-corrected chi connectivity index (χ3v) is 2.98. The molecule has 1 aromatic carbocycles. The fourth-order valence-corrected chi connectivity index (χ4v) is 2.02. The van der Waals surface area contributed by atoms with Crippen molar-refractivity contribution in [3.05, 3.63) is 41.6 Å². The maximum Gasteiger partial charge on any atom is 0.151 e. The van der Waals surface area contributed by atoms with E-state index in [1.54, 1.807) is 0 Å². The molecule has 0 bridgehead atoms. The molecule has 0 aliphatic heterocycles. The Kier molecular flexibility index (Phi) is 3.86. The molecule has 1 aromatic heterocycles. The highest BCUT2D eigenvalue weighted by Gasteiger charge is 2.05. The van der Waals surface area contributed by atoms with Crippen LogP contribution in [0.2, 0.25) is 0 Å². The van der Waals surface area contributed by atoms with Crippen LogP contribution in [0, 0.1) is 0 Å². The molecule has 17 heavy (non-hydrogen) atoms. The van der Waals surface area contributed by atoms with Crippen LogP contribution in [0.3, 0.4) is 0 Å². The van der Waals surface area contributed by atoms with E-state index in [4.69, 9.17) is 0 Å². The average Bonchev–Trinajstić information content (AvgIpc) is 2.38. The smallest absolute Gasteiger partial charge is 0.151 e. The lowest BCUT2D eigenvalue weighted by Crippen LogP contribution is -1.98. The number of rotatable bonds is 5. The highest BCUT2D eigenvalue weighted by molar-refractivity contribution is 5.87. The molecule has 0 spiro atoms. The van der Waals surface area contributed by atoms with Gasteiger partial charge in [0.15, 0.2) is 6.29 Å². The largest absolute Gasteiger partial charge is 0.298 e. The zero-order valence-corrected chi connectivity index (χ0v) is 10.1. The Bertz CT molecular complexity index is 519. The molecular weight excluding hydrogens is 210 g/mol. The number of fused-ring (bicyclic) bond motifs is 1. The van der Waals surface area contributed by atoms with Crippen LogP contribution in [0.4, 0.5) is 0 Å². The summed E-state index contributed by atoms with van der Waals surface area (Å²) in [6.07, 6.45) is 5.28. The van der Waals surface area contributed by atoms with Gasteiger partial charge < -0.3 is 0 Å². The van der Waals surface area contributed by atoms with E-state index >= 15 is 0 Å². The first-order chi connectivity index (χ1) is 8.35. The number of nitrogens with zero attached hydrogens (tertiary/aromatic N) is 1. The van der Waals surface area contributed by atoms with Crippen molar-refractivity contribution in [2.75, 3.05) is 0 Å². The van der Waals surface area contributed by atoms with Crippen molar-refractivity contribution < 1.29 is 4.79 Å². The summed E-state index contributed by atoms with van der Waals surface area (Å²) in [6.45, 7) is 2.18. The topological polar surface area (TPSA) is 30.0 Å². The molecule has 0 N–H and O–H groups in total. The predicted molar refractivity (Wildman–Crippen MR) is 70.4 cm³/mol. The minimum absolute atomic E-state index is 0.736. The van der Waals surface area contributed by atoms with E-state index in [1.807, 2.05) is 30.3 Å². The number of benzene rings is 1. The number of para-hydroxylation sites is 1. The Morgan fingerprint density at radius 1 is 1.24 bits per heavy atom. The lowest BCUT2D eigenvalue weighted by Gasteiger charge is -2.06. The van der Waals surface area contributed by atoms with Gasteiger partial charge in [0.25, 0.3) is 0 Å². The second kappa shape index (κ2) is 5.58. The highest BCUT2D eigenvalue weighted by Crippen LogP contribution is 2.17. The fourth-order valence-electron chi connectivity index (χ4n) is 2.02. The zero-order valence-electron chi connectivity index (χ0n) is 10.1. The summed E-state index contributed by atoms with van der Waals surface area (Å²) in [5, 5.41) is 1.04. The molecule has 0 saturated carbocycles. The van der Waals surface area contributed by atoms with Crippen molar-refractivity contribution in [1.29, 1.82) is 0 Å². The summed E-state index contributed by atoms with van der Waals surface area (Å²) in [7, 11) is 0. The molecule has 0 unspecified atom stereocenters. The molecular formula is C15H17NO. The van der Waals surface area contributed by atoms with Crippen LogP contribution in [0.1, 0.15) is 42.2 Å².